The van der Waals surface area contributed by atoms with E-state index in [1.165, 1.54) is 22.2 Å². The van der Waals surface area contributed by atoms with E-state index in [9.17, 15) is 0 Å². The second kappa shape index (κ2) is 4.53. The van der Waals surface area contributed by atoms with Crippen molar-refractivity contribution in [2.24, 2.45) is 11.7 Å². The molecule has 0 bridgehead atoms. The second-order valence-corrected chi connectivity index (χ2v) is 6.80. The molecule has 1 aromatic rings. The van der Waals surface area contributed by atoms with Gasteiger partial charge in [-0.2, -0.15) is 0 Å². The standard InChI is InChI=1S/C11H17BrN2S/c1-11(7-13,9-2-3-9)14-5-8-4-10(12)15-6-8/h4,6,9,14H,2-3,5,7,13H2,1H3. The minimum absolute atomic E-state index is 0.133. The number of rotatable bonds is 5. The summed E-state index contributed by atoms with van der Waals surface area (Å²) in [5, 5.41) is 5.78. The van der Waals surface area contributed by atoms with Gasteiger partial charge >= 0.3 is 0 Å². The molecule has 2 nitrogen and oxygen atoms in total. The summed E-state index contributed by atoms with van der Waals surface area (Å²) in [6.45, 7) is 3.89. The van der Waals surface area contributed by atoms with Crippen molar-refractivity contribution < 1.29 is 0 Å². The van der Waals surface area contributed by atoms with E-state index in [0.29, 0.717) is 0 Å². The first-order valence-electron chi connectivity index (χ1n) is 5.32. The Morgan fingerprint density at radius 1 is 1.67 bits per heavy atom. The molecule has 0 aromatic carbocycles. The molecule has 1 aliphatic rings. The number of halogens is 1. The molecule has 0 aliphatic heterocycles. The van der Waals surface area contributed by atoms with Crippen LogP contribution in [0.1, 0.15) is 25.3 Å². The summed E-state index contributed by atoms with van der Waals surface area (Å²) in [6.07, 6.45) is 2.65. The summed E-state index contributed by atoms with van der Waals surface area (Å²) in [6, 6.07) is 2.17. The molecule has 0 radical (unpaired) electrons. The Morgan fingerprint density at radius 3 is 2.87 bits per heavy atom. The lowest BCUT2D eigenvalue weighted by Gasteiger charge is -2.29. The minimum Gasteiger partial charge on any atom is -0.329 e. The van der Waals surface area contributed by atoms with Gasteiger partial charge < -0.3 is 11.1 Å². The first kappa shape index (κ1) is 11.6. The molecule has 4 heteroatoms. The fourth-order valence-corrected chi connectivity index (χ4v) is 3.06. The lowest BCUT2D eigenvalue weighted by molar-refractivity contribution is 0.317. The van der Waals surface area contributed by atoms with Crippen LogP contribution in [0.15, 0.2) is 15.2 Å². The highest BCUT2D eigenvalue weighted by atomic mass is 79.9. The molecule has 0 spiro atoms. The van der Waals surface area contributed by atoms with Gasteiger partial charge in [0.25, 0.3) is 0 Å². The Kier molecular flexibility index (Phi) is 3.50. The van der Waals surface area contributed by atoms with Gasteiger partial charge in [0.2, 0.25) is 0 Å². The maximum atomic E-state index is 5.85. The zero-order valence-corrected chi connectivity index (χ0v) is 11.3. The number of thiophene rings is 1. The fourth-order valence-electron chi connectivity index (χ4n) is 1.85. The first-order chi connectivity index (χ1) is 7.14. The van der Waals surface area contributed by atoms with Crippen LogP contribution in [-0.2, 0) is 6.54 Å². The highest BCUT2D eigenvalue weighted by molar-refractivity contribution is 9.11. The lowest BCUT2D eigenvalue weighted by Crippen LogP contribution is -2.50. The van der Waals surface area contributed by atoms with E-state index >= 15 is 0 Å². The molecule has 1 unspecified atom stereocenters. The second-order valence-electron chi connectivity index (χ2n) is 4.51. The summed E-state index contributed by atoms with van der Waals surface area (Å²) >= 11 is 5.21. The third kappa shape index (κ3) is 2.81. The summed E-state index contributed by atoms with van der Waals surface area (Å²) < 4.78 is 1.19. The molecule has 0 saturated heterocycles. The Balaban J connectivity index is 1.91. The van der Waals surface area contributed by atoms with E-state index in [1.807, 2.05) is 0 Å². The zero-order valence-electron chi connectivity index (χ0n) is 8.92. The van der Waals surface area contributed by atoms with E-state index < -0.39 is 0 Å². The number of hydrogen-bond donors (Lipinski definition) is 2. The molecule has 2 rings (SSSR count). The van der Waals surface area contributed by atoms with Crippen molar-refractivity contribution in [1.82, 2.24) is 5.32 Å². The van der Waals surface area contributed by atoms with E-state index in [0.717, 1.165) is 19.0 Å². The van der Waals surface area contributed by atoms with Crippen molar-refractivity contribution in [2.75, 3.05) is 6.54 Å². The van der Waals surface area contributed by atoms with Gasteiger partial charge in [-0.15, -0.1) is 11.3 Å². The van der Waals surface area contributed by atoms with Crippen molar-refractivity contribution >= 4 is 27.3 Å². The van der Waals surface area contributed by atoms with Crippen LogP contribution in [0.25, 0.3) is 0 Å². The SMILES string of the molecule is CC(CN)(NCc1csc(Br)c1)C1CC1. The topological polar surface area (TPSA) is 38.0 Å². The van der Waals surface area contributed by atoms with Crippen LogP contribution in [0.2, 0.25) is 0 Å². The van der Waals surface area contributed by atoms with Crippen LogP contribution in [0.4, 0.5) is 0 Å². The molecule has 1 atom stereocenters. The smallest absolute Gasteiger partial charge is 0.0701 e. The molecule has 0 amide bonds. The van der Waals surface area contributed by atoms with Gasteiger partial charge in [-0.1, -0.05) is 0 Å². The van der Waals surface area contributed by atoms with Crippen LogP contribution >= 0.6 is 27.3 Å². The minimum atomic E-state index is 0.133. The largest absolute Gasteiger partial charge is 0.329 e. The number of nitrogens with two attached hydrogens (primary N) is 1. The normalized spacial score (nSPS) is 20.2. The Hall–Kier alpha value is 0.100. The molecule has 1 fully saturated rings. The zero-order chi connectivity index (χ0) is 10.9. The van der Waals surface area contributed by atoms with Gasteiger partial charge in [0.1, 0.15) is 0 Å². The van der Waals surface area contributed by atoms with Crippen molar-refractivity contribution in [3.8, 4) is 0 Å². The summed E-state index contributed by atoms with van der Waals surface area (Å²) in [5.74, 6) is 0.782. The third-order valence-electron chi connectivity index (χ3n) is 3.22. The van der Waals surface area contributed by atoms with Crippen LogP contribution in [-0.4, -0.2) is 12.1 Å². The first-order valence-corrected chi connectivity index (χ1v) is 6.99. The van der Waals surface area contributed by atoms with E-state index in [1.54, 1.807) is 11.3 Å². The van der Waals surface area contributed by atoms with Crippen molar-refractivity contribution in [3.63, 3.8) is 0 Å². The van der Waals surface area contributed by atoms with Crippen molar-refractivity contribution in [2.45, 2.75) is 31.8 Å². The molecule has 1 heterocycles. The molecule has 1 saturated carbocycles. The molecular formula is C11H17BrN2S. The maximum Gasteiger partial charge on any atom is 0.0701 e. The van der Waals surface area contributed by atoms with Gasteiger partial charge in [0.05, 0.1) is 3.79 Å². The Labute approximate surface area is 103 Å². The van der Waals surface area contributed by atoms with Gasteiger partial charge in [0, 0.05) is 18.6 Å². The van der Waals surface area contributed by atoms with Crippen molar-refractivity contribution in [1.29, 1.82) is 0 Å². The molecule has 84 valence electrons. The van der Waals surface area contributed by atoms with Crippen LogP contribution in [0, 0.1) is 5.92 Å². The van der Waals surface area contributed by atoms with E-state index in [-0.39, 0.29) is 5.54 Å². The molecule has 1 aliphatic carbocycles. The lowest BCUT2D eigenvalue weighted by atomic mass is 9.96. The quantitative estimate of drug-likeness (QED) is 0.874. The highest BCUT2D eigenvalue weighted by Gasteiger charge is 2.39. The summed E-state index contributed by atoms with van der Waals surface area (Å²) in [7, 11) is 0. The van der Waals surface area contributed by atoms with Gasteiger partial charge in [0.15, 0.2) is 0 Å². The Morgan fingerprint density at radius 2 is 2.40 bits per heavy atom. The average Bonchev–Trinajstić information content (AvgIpc) is 3.00. The molecule has 15 heavy (non-hydrogen) atoms. The van der Waals surface area contributed by atoms with Gasteiger partial charge in [-0.25, -0.2) is 0 Å². The fraction of sp³-hybridized carbons (Fsp3) is 0.636. The average molecular weight is 289 g/mol. The van der Waals surface area contributed by atoms with Crippen molar-refractivity contribution in [3.05, 3.63) is 20.8 Å². The summed E-state index contributed by atoms with van der Waals surface area (Å²) in [5.41, 5.74) is 7.32. The Bertz CT molecular complexity index is 335. The predicted octanol–water partition coefficient (Wildman–Crippen LogP) is 2.73. The summed E-state index contributed by atoms with van der Waals surface area (Å²) in [4.78, 5) is 0. The molecule has 3 N–H and O–H groups in total. The highest BCUT2D eigenvalue weighted by Crippen LogP contribution is 2.39. The van der Waals surface area contributed by atoms with Crippen LogP contribution in [0.5, 0.6) is 0 Å². The molecular weight excluding hydrogens is 272 g/mol. The van der Waals surface area contributed by atoms with E-state index in [2.05, 4.69) is 39.6 Å². The third-order valence-corrected chi connectivity index (χ3v) is 4.77. The van der Waals surface area contributed by atoms with Gasteiger partial charge in [-0.3, -0.25) is 0 Å². The molecule has 1 aromatic heterocycles. The van der Waals surface area contributed by atoms with E-state index in [4.69, 9.17) is 5.73 Å². The van der Waals surface area contributed by atoms with Crippen LogP contribution in [0.3, 0.4) is 0 Å². The number of hydrogen-bond acceptors (Lipinski definition) is 3. The number of nitrogens with one attached hydrogen (secondary N) is 1. The van der Waals surface area contributed by atoms with Gasteiger partial charge in [-0.05, 0) is 58.6 Å². The predicted molar refractivity (Wildman–Crippen MR) is 69.0 cm³/mol. The maximum absolute atomic E-state index is 5.85. The monoisotopic (exact) mass is 288 g/mol. The van der Waals surface area contributed by atoms with Crippen LogP contribution < -0.4 is 11.1 Å².